The van der Waals surface area contributed by atoms with Gasteiger partial charge in [0.15, 0.2) is 0 Å². The van der Waals surface area contributed by atoms with Crippen LogP contribution in [-0.2, 0) is 4.74 Å². The average Bonchev–Trinajstić information content (AvgIpc) is 2.30. The second kappa shape index (κ2) is 3.49. The molecule has 1 unspecified atom stereocenters. The van der Waals surface area contributed by atoms with Crippen molar-refractivity contribution in [2.75, 3.05) is 6.61 Å². The van der Waals surface area contributed by atoms with Gasteiger partial charge in [-0.05, 0) is 6.42 Å². The van der Waals surface area contributed by atoms with Crippen molar-refractivity contribution in [1.82, 2.24) is 0 Å². The first-order valence-electron chi connectivity index (χ1n) is 3.83. The Morgan fingerprint density at radius 2 is 1.73 bits per heavy atom. The van der Waals surface area contributed by atoms with Gasteiger partial charge in [0.2, 0.25) is 0 Å². The van der Waals surface area contributed by atoms with Crippen LogP contribution in [0.25, 0.3) is 0 Å². The van der Waals surface area contributed by atoms with E-state index in [0.29, 0.717) is 6.42 Å². The fourth-order valence-electron chi connectivity index (χ4n) is 1.31. The summed E-state index contributed by atoms with van der Waals surface area (Å²) in [6, 6.07) is 0. The van der Waals surface area contributed by atoms with E-state index < -0.39 is 18.3 Å². The van der Waals surface area contributed by atoms with Gasteiger partial charge in [0, 0.05) is 0 Å². The largest absolute Gasteiger partial charge is 0.394 e. The van der Waals surface area contributed by atoms with Gasteiger partial charge in [-0.3, -0.25) is 0 Å². The van der Waals surface area contributed by atoms with Crippen LogP contribution in [0.5, 0.6) is 0 Å². The standard InChI is InChI=1S/C7H14O4/c1-2-4-6(9)7(10)5(3-8)11-4/h4-10H,2-3H2,1H3/t4-,5+,6+,7?/m0/s1. The summed E-state index contributed by atoms with van der Waals surface area (Å²) in [6.07, 6.45) is -2.09. The van der Waals surface area contributed by atoms with E-state index in [2.05, 4.69) is 0 Å². The zero-order valence-electron chi connectivity index (χ0n) is 6.47. The maximum Gasteiger partial charge on any atom is 0.111 e. The summed E-state index contributed by atoms with van der Waals surface area (Å²) in [7, 11) is 0. The Balaban J connectivity index is 2.53. The van der Waals surface area contributed by atoms with Crippen molar-refractivity contribution >= 4 is 0 Å². The van der Waals surface area contributed by atoms with Gasteiger partial charge in [-0.25, -0.2) is 0 Å². The second-order valence-electron chi connectivity index (χ2n) is 2.78. The monoisotopic (exact) mass is 162 g/mol. The molecule has 4 nitrogen and oxygen atoms in total. The van der Waals surface area contributed by atoms with E-state index in [4.69, 9.17) is 9.84 Å². The minimum Gasteiger partial charge on any atom is -0.394 e. The third-order valence-electron chi connectivity index (χ3n) is 2.04. The number of hydrogen-bond donors (Lipinski definition) is 3. The molecular formula is C7H14O4. The summed E-state index contributed by atoms with van der Waals surface area (Å²) >= 11 is 0. The van der Waals surface area contributed by atoms with Crippen LogP contribution < -0.4 is 0 Å². The third kappa shape index (κ3) is 1.54. The molecule has 1 fully saturated rings. The zero-order chi connectivity index (χ0) is 8.43. The second-order valence-corrected chi connectivity index (χ2v) is 2.78. The van der Waals surface area contributed by atoms with E-state index in [1.165, 1.54) is 0 Å². The van der Waals surface area contributed by atoms with Gasteiger partial charge in [0.25, 0.3) is 0 Å². The molecule has 0 spiro atoms. The Labute approximate surface area is 65.4 Å². The molecule has 4 atom stereocenters. The molecule has 0 aromatic rings. The van der Waals surface area contributed by atoms with Gasteiger partial charge >= 0.3 is 0 Å². The lowest BCUT2D eigenvalue weighted by Crippen LogP contribution is -2.33. The average molecular weight is 162 g/mol. The van der Waals surface area contributed by atoms with Crippen LogP contribution >= 0.6 is 0 Å². The molecule has 0 aromatic heterocycles. The Morgan fingerprint density at radius 1 is 1.18 bits per heavy atom. The smallest absolute Gasteiger partial charge is 0.111 e. The topological polar surface area (TPSA) is 69.9 Å². The molecule has 3 N–H and O–H groups in total. The molecule has 0 amide bonds. The van der Waals surface area contributed by atoms with E-state index in [9.17, 15) is 10.2 Å². The highest BCUT2D eigenvalue weighted by molar-refractivity contribution is 4.89. The minimum absolute atomic E-state index is 0.241. The van der Waals surface area contributed by atoms with Crippen molar-refractivity contribution in [3.8, 4) is 0 Å². The van der Waals surface area contributed by atoms with Crippen molar-refractivity contribution in [2.45, 2.75) is 37.8 Å². The molecule has 1 rings (SSSR count). The molecule has 0 radical (unpaired) electrons. The van der Waals surface area contributed by atoms with Gasteiger partial charge in [-0.2, -0.15) is 0 Å². The summed E-state index contributed by atoms with van der Waals surface area (Å²) in [4.78, 5) is 0. The highest BCUT2D eigenvalue weighted by Gasteiger charge is 2.40. The summed E-state index contributed by atoms with van der Waals surface area (Å²) in [5.41, 5.74) is 0. The van der Waals surface area contributed by atoms with Crippen LogP contribution in [0.4, 0.5) is 0 Å². The molecule has 0 aromatic carbocycles. The van der Waals surface area contributed by atoms with Crippen molar-refractivity contribution in [3.63, 3.8) is 0 Å². The molecule has 4 heteroatoms. The lowest BCUT2D eigenvalue weighted by molar-refractivity contribution is -0.0226. The number of aliphatic hydroxyl groups is 3. The summed E-state index contributed by atoms with van der Waals surface area (Å²) < 4.78 is 5.13. The molecule has 0 bridgehead atoms. The lowest BCUT2D eigenvalue weighted by Gasteiger charge is -2.11. The summed E-state index contributed by atoms with van der Waals surface area (Å²) in [5, 5.41) is 27.2. The minimum atomic E-state index is -0.940. The molecule has 1 aliphatic heterocycles. The first-order valence-corrected chi connectivity index (χ1v) is 3.83. The Kier molecular flexibility index (Phi) is 2.84. The van der Waals surface area contributed by atoms with Crippen molar-refractivity contribution < 1.29 is 20.1 Å². The maximum absolute atomic E-state index is 9.27. The van der Waals surface area contributed by atoms with E-state index in [1.54, 1.807) is 0 Å². The van der Waals surface area contributed by atoms with Gasteiger partial charge in [-0.1, -0.05) is 6.92 Å². The predicted octanol–water partition coefficient (Wildman–Crippen LogP) is -1.12. The highest BCUT2D eigenvalue weighted by Crippen LogP contribution is 2.22. The van der Waals surface area contributed by atoms with Crippen molar-refractivity contribution in [2.24, 2.45) is 0 Å². The molecule has 1 saturated heterocycles. The first-order chi connectivity index (χ1) is 5.20. The number of ether oxygens (including phenoxy) is 1. The van der Waals surface area contributed by atoms with Gasteiger partial charge < -0.3 is 20.1 Å². The van der Waals surface area contributed by atoms with E-state index in [0.717, 1.165) is 0 Å². The highest BCUT2D eigenvalue weighted by atomic mass is 16.6. The molecule has 1 heterocycles. The zero-order valence-corrected chi connectivity index (χ0v) is 6.47. The fraction of sp³-hybridized carbons (Fsp3) is 1.00. The predicted molar refractivity (Wildman–Crippen MR) is 38.1 cm³/mol. The van der Waals surface area contributed by atoms with Crippen LogP contribution in [-0.4, -0.2) is 46.3 Å². The van der Waals surface area contributed by atoms with Crippen molar-refractivity contribution in [3.05, 3.63) is 0 Å². The third-order valence-corrected chi connectivity index (χ3v) is 2.04. The molecule has 66 valence electrons. The van der Waals surface area contributed by atoms with E-state index >= 15 is 0 Å². The quantitative estimate of drug-likeness (QED) is 0.481. The first kappa shape index (κ1) is 8.93. The van der Waals surface area contributed by atoms with Gasteiger partial charge in [0.05, 0.1) is 12.7 Å². The number of aliphatic hydroxyl groups excluding tert-OH is 3. The lowest BCUT2D eigenvalue weighted by atomic mass is 10.1. The van der Waals surface area contributed by atoms with E-state index in [1.807, 2.05) is 6.92 Å². The Morgan fingerprint density at radius 3 is 2.00 bits per heavy atom. The molecule has 11 heavy (non-hydrogen) atoms. The van der Waals surface area contributed by atoms with Gasteiger partial charge in [0.1, 0.15) is 18.3 Å². The molecule has 0 saturated carbocycles. The van der Waals surface area contributed by atoms with Gasteiger partial charge in [-0.15, -0.1) is 0 Å². The molecule has 0 aliphatic carbocycles. The van der Waals surface area contributed by atoms with Crippen LogP contribution in [0.3, 0.4) is 0 Å². The van der Waals surface area contributed by atoms with Crippen LogP contribution in [0, 0.1) is 0 Å². The normalized spacial score (nSPS) is 44.7. The summed E-state index contributed by atoms with van der Waals surface area (Å²) in [5.74, 6) is 0. The Bertz CT molecular complexity index is 110. The Hall–Kier alpha value is -0.160. The van der Waals surface area contributed by atoms with Crippen molar-refractivity contribution in [1.29, 1.82) is 0 Å². The van der Waals surface area contributed by atoms with E-state index in [-0.39, 0.29) is 12.7 Å². The molecule has 1 aliphatic rings. The van der Waals surface area contributed by atoms with Crippen LogP contribution in [0.2, 0.25) is 0 Å². The number of hydrogen-bond acceptors (Lipinski definition) is 4. The summed E-state index contributed by atoms with van der Waals surface area (Å²) in [6.45, 7) is 1.62. The number of rotatable bonds is 2. The fourth-order valence-corrected chi connectivity index (χ4v) is 1.31. The van der Waals surface area contributed by atoms with Crippen LogP contribution in [0.1, 0.15) is 13.3 Å². The van der Waals surface area contributed by atoms with Crippen LogP contribution in [0.15, 0.2) is 0 Å². The SMILES string of the molecule is CC[C@@H]1O[C@H](CO)C(O)[C@@H]1O. The maximum atomic E-state index is 9.27. The molecular weight excluding hydrogens is 148 g/mol.